The molecule has 0 aliphatic rings. The molecule has 0 saturated carbocycles. The molecule has 0 bridgehead atoms. The first kappa shape index (κ1) is 9.51. The fraction of sp³-hybridized carbons (Fsp3) is 0.143. The van der Waals surface area contributed by atoms with E-state index in [2.05, 4.69) is 0 Å². The van der Waals surface area contributed by atoms with Crippen molar-refractivity contribution in [1.29, 1.82) is 0 Å². The predicted molar refractivity (Wildman–Crippen MR) is 45.2 cm³/mol. The fourth-order valence-electron chi connectivity index (χ4n) is 0.738. The first-order valence-corrected chi connectivity index (χ1v) is 4.53. The lowest BCUT2D eigenvalue weighted by Crippen LogP contribution is -1.91. The van der Waals surface area contributed by atoms with Crippen LogP contribution in [0.1, 0.15) is 0 Å². The van der Waals surface area contributed by atoms with Crippen molar-refractivity contribution in [2.24, 2.45) is 0 Å². The third kappa shape index (κ3) is 1.97. The summed E-state index contributed by atoms with van der Waals surface area (Å²) in [6.07, 6.45) is 0. The predicted octanol–water partition coefficient (Wildman–Crippen LogP) is 1.59. The van der Waals surface area contributed by atoms with Crippen LogP contribution in [0.5, 0.6) is 5.75 Å². The molecule has 12 heavy (non-hydrogen) atoms. The topological polar surface area (TPSA) is 49.4 Å². The standard InChI is InChI=1S/C7H7ClO3S/c1-11-5-2-3-6(8)7(4-5)12(9)10/h2-4H,1H3,(H,9,10)/p-1. The lowest BCUT2D eigenvalue weighted by molar-refractivity contribution is 0.413. The molecule has 1 atom stereocenters. The van der Waals surface area contributed by atoms with Gasteiger partial charge in [0.1, 0.15) is 5.75 Å². The van der Waals surface area contributed by atoms with Gasteiger partial charge in [0.15, 0.2) is 0 Å². The largest absolute Gasteiger partial charge is 0.768 e. The van der Waals surface area contributed by atoms with E-state index in [0.717, 1.165) is 0 Å². The fourth-order valence-corrected chi connectivity index (χ4v) is 1.48. The van der Waals surface area contributed by atoms with Crippen LogP contribution in [0.2, 0.25) is 5.02 Å². The summed E-state index contributed by atoms with van der Waals surface area (Å²) in [5.74, 6) is 0.471. The van der Waals surface area contributed by atoms with Crippen LogP contribution in [0, 0.1) is 0 Å². The van der Waals surface area contributed by atoms with E-state index in [0.29, 0.717) is 5.75 Å². The summed E-state index contributed by atoms with van der Waals surface area (Å²) in [4.78, 5) is 0.0519. The quantitative estimate of drug-likeness (QED) is 0.689. The number of benzene rings is 1. The zero-order valence-corrected chi connectivity index (χ0v) is 7.82. The highest BCUT2D eigenvalue weighted by molar-refractivity contribution is 7.79. The summed E-state index contributed by atoms with van der Waals surface area (Å²) < 4.78 is 25.9. The molecule has 0 saturated heterocycles. The van der Waals surface area contributed by atoms with Crippen LogP contribution in [0.4, 0.5) is 0 Å². The van der Waals surface area contributed by atoms with Crippen molar-refractivity contribution in [3.05, 3.63) is 23.2 Å². The normalized spacial score (nSPS) is 12.6. The van der Waals surface area contributed by atoms with Gasteiger partial charge in [-0.1, -0.05) is 11.6 Å². The Morgan fingerprint density at radius 2 is 2.25 bits per heavy atom. The van der Waals surface area contributed by atoms with Gasteiger partial charge in [-0.15, -0.1) is 0 Å². The zero-order valence-electron chi connectivity index (χ0n) is 6.24. The van der Waals surface area contributed by atoms with E-state index in [1.807, 2.05) is 0 Å². The molecule has 0 aliphatic carbocycles. The van der Waals surface area contributed by atoms with E-state index in [1.54, 1.807) is 6.07 Å². The zero-order chi connectivity index (χ0) is 9.14. The van der Waals surface area contributed by atoms with Crippen LogP contribution in [0.3, 0.4) is 0 Å². The maximum atomic E-state index is 10.5. The second-order valence-corrected chi connectivity index (χ2v) is 3.35. The van der Waals surface area contributed by atoms with Gasteiger partial charge in [0.25, 0.3) is 0 Å². The molecule has 0 spiro atoms. The highest BCUT2D eigenvalue weighted by Crippen LogP contribution is 2.23. The van der Waals surface area contributed by atoms with Crippen LogP contribution in [0.15, 0.2) is 23.1 Å². The van der Waals surface area contributed by atoms with Gasteiger partial charge in [-0.25, -0.2) is 0 Å². The van der Waals surface area contributed by atoms with Crippen LogP contribution < -0.4 is 4.74 Å². The Labute approximate surface area is 77.6 Å². The summed E-state index contributed by atoms with van der Waals surface area (Å²) in [6.45, 7) is 0. The highest BCUT2D eigenvalue weighted by atomic mass is 35.5. The van der Waals surface area contributed by atoms with E-state index in [1.165, 1.54) is 19.2 Å². The number of hydrogen-bond donors (Lipinski definition) is 0. The molecule has 1 aromatic carbocycles. The molecule has 66 valence electrons. The van der Waals surface area contributed by atoms with Gasteiger partial charge < -0.3 is 9.29 Å². The Balaban J connectivity index is 3.17. The van der Waals surface area contributed by atoms with Crippen molar-refractivity contribution in [1.82, 2.24) is 0 Å². The molecule has 5 heteroatoms. The van der Waals surface area contributed by atoms with E-state index in [9.17, 15) is 8.76 Å². The molecule has 1 aromatic rings. The molecule has 0 fully saturated rings. The van der Waals surface area contributed by atoms with Gasteiger partial charge in [-0.05, 0) is 29.3 Å². The summed E-state index contributed by atoms with van der Waals surface area (Å²) in [5, 5.41) is 0.198. The average molecular weight is 206 g/mol. The highest BCUT2D eigenvalue weighted by Gasteiger charge is 2.01. The first-order valence-electron chi connectivity index (χ1n) is 3.08. The Bertz CT molecular complexity index is 314. The SMILES string of the molecule is COc1ccc(Cl)c(S(=O)[O-])c1. The third-order valence-electron chi connectivity index (χ3n) is 1.32. The van der Waals surface area contributed by atoms with E-state index >= 15 is 0 Å². The van der Waals surface area contributed by atoms with Gasteiger partial charge in [-0.3, -0.25) is 4.21 Å². The summed E-state index contributed by atoms with van der Waals surface area (Å²) >= 11 is 3.29. The maximum Gasteiger partial charge on any atom is 0.120 e. The maximum absolute atomic E-state index is 10.5. The molecular weight excluding hydrogens is 200 g/mol. The van der Waals surface area contributed by atoms with Crippen LogP contribution in [-0.2, 0) is 11.1 Å². The second kappa shape index (κ2) is 3.89. The van der Waals surface area contributed by atoms with Crippen molar-refractivity contribution in [2.45, 2.75) is 4.90 Å². The van der Waals surface area contributed by atoms with Crippen LogP contribution >= 0.6 is 11.6 Å². The monoisotopic (exact) mass is 205 g/mol. The summed E-state index contributed by atoms with van der Waals surface area (Å²) in [7, 11) is 1.46. The number of ether oxygens (including phenoxy) is 1. The molecule has 0 aliphatic heterocycles. The lowest BCUT2D eigenvalue weighted by Gasteiger charge is -2.08. The Morgan fingerprint density at radius 1 is 1.58 bits per heavy atom. The van der Waals surface area contributed by atoms with Crippen molar-refractivity contribution in [3.8, 4) is 5.75 Å². The molecule has 3 nitrogen and oxygen atoms in total. The van der Waals surface area contributed by atoms with Gasteiger partial charge in [-0.2, -0.15) is 0 Å². The molecule has 0 aromatic heterocycles. The first-order chi connectivity index (χ1) is 5.65. The van der Waals surface area contributed by atoms with E-state index < -0.39 is 11.1 Å². The number of hydrogen-bond acceptors (Lipinski definition) is 3. The number of halogens is 1. The summed E-state index contributed by atoms with van der Waals surface area (Å²) in [6, 6.07) is 4.44. The second-order valence-electron chi connectivity index (χ2n) is 2.03. The van der Waals surface area contributed by atoms with E-state index in [-0.39, 0.29) is 9.92 Å². The average Bonchev–Trinajstić information content (AvgIpc) is 2.05. The number of rotatable bonds is 2. The minimum atomic E-state index is -2.31. The Morgan fingerprint density at radius 3 is 2.75 bits per heavy atom. The van der Waals surface area contributed by atoms with Crippen molar-refractivity contribution < 1.29 is 13.5 Å². The Hall–Kier alpha value is -0.580. The van der Waals surface area contributed by atoms with Gasteiger partial charge >= 0.3 is 0 Å². The smallest absolute Gasteiger partial charge is 0.120 e. The van der Waals surface area contributed by atoms with Crippen molar-refractivity contribution in [2.75, 3.05) is 7.11 Å². The summed E-state index contributed by atoms with van der Waals surface area (Å²) in [5.41, 5.74) is 0. The van der Waals surface area contributed by atoms with Crippen LogP contribution in [0.25, 0.3) is 0 Å². The third-order valence-corrected chi connectivity index (χ3v) is 2.46. The van der Waals surface area contributed by atoms with E-state index in [4.69, 9.17) is 16.3 Å². The molecule has 0 N–H and O–H groups in total. The lowest BCUT2D eigenvalue weighted by atomic mass is 10.3. The molecule has 1 unspecified atom stereocenters. The van der Waals surface area contributed by atoms with Crippen molar-refractivity contribution >= 4 is 22.7 Å². The number of methoxy groups -OCH3 is 1. The molecular formula is C7H6ClO3S-. The molecule has 0 radical (unpaired) electrons. The minimum Gasteiger partial charge on any atom is -0.768 e. The van der Waals surface area contributed by atoms with Gasteiger partial charge in [0.2, 0.25) is 0 Å². The van der Waals surface area contributed by atoms with Crippen molar-refractivity contribution in [3.63, 3.8) is 0 Å². The van der Waals surface area contributed by atoms with Gasteiger partial charge in [0.05, 0.1) is 12.1 Å². The minimum absolute atomic E-state index is 0.0519. The molecule has 0 amide bonds. The molecule has 1 rings (SSSR count). The van der Waals surface area contributed by atoms with Gasteiger partial charge in [0, 0.05) is 4.90 Å². The van der Waals surface area contributed by atoms with Crippen LogP contribution in [-0.4, -0.2) is 15.9 Å². The molecule has 0 heterocycles. The Kier molecular flexibility index (Phi) is 3.08.